The van der Waals surface area contributed by atoms with E-state index in [1.165, 1.54) is 18.2 Å². The van der Waals surface area contributed by atoms with Gasteiger partial charge in [-0.1, -0.05) is 43.3 Å². The van der Waals surface area contributed by atoms with Gasteiger partial charge in [0.15, 0.2) is 0 Å². The Bertz CT molecular complexity index is 863. The smallest absolute Gasteiger partial charge is 0.313 e. The van der Waals surface area contributed by atoms with Gasteiger partial charge in [0.1, 0.15) is 5.60 Å². The minimum absolute atomic E-state index is 0.101. The van der Waals surface area contributed by atoms with Gasteiger partial charge in [-0.3, -0.25) is 19.7 Å². The predicted octanol–water partition coefficient (Wildman–Crippen LogP) is 2.91. The van der Waals surface area contributed by atoms with Crippen LogP contribution in [0.4, 0.5) is 11.4 Å². The lowest BCUT2D eigenvalue weighted by atomic mass is 9.90. The molecule has 0 saturated heterocycles. The molecule has 2 aromatic rings. The van der Waals surface area contributed by atoms with Crippen LogP contribution in [-0.2, 0) is 19.9 Å². The molecular formula is C20H23N3O5. The van der Waals surface area contributed by atoms with Crippen LogP contribution < -0.4 is 10.6 Å². The zero-order valence-corrected chi connectivity index (χ0v) is 16.0. The fraction of sp³-hybridized carbons (Fsp3) is 0.300. The van der Waals surface area contributed by atoms with Crippen molar-refractivity contribution in [2.45, 2.75) is 25.9 Å². The number of carbonyl (C=O) groups excluding carboxylic acids is 2. The fourth-order valence-electron chi connectivity index (χ4n) is 2.85. The summed E-state index contributed by atoms with van der Waals surface area (Å²) in [5.41, 5.74) is 0.769. The Morgan fingerprint density at radius 2 is 1.82 bits per heavy atom. The Hall–Kier alpha value is -3.26. The molecule has 1 atom stereocenters. The summed E-state index contributed by atoms with van der Waals surface area (Å²) in [4.78, 5) is 34.8. The van der Waals surface area contributed by atoms with Crippen LogP contribution in [0.5, 0.6) is 0 Å². The van der Waals surface area contributed by atoms with E-state index in [1.54, 1.807) is 14.0 Å². The Balaban J connectivity index is 2.09. The first-order valence-corrected chi connectivity index (χ1v) is 8.78. The first-order valence-electron chi connectivity index (χ1n) is 8.78. The van der Waals surface area contributed by atoms with E-state index in [2.05, 4.69) is 10.6 Å². The first-order chi connectivity index (χ1) is 13.3. The van der Waals surface area contributed by atoms with Crippen LogP contribution in [0.15, 0.2) is 48.5 Å². The van der Waals surface area contributed by atoms with Gasteiger partial charge in [0.25, 0.3) is 5.69 Å². The Morgan fingerprint density at radius 1 is 1.14 bits per heavy atom. The number of nitrogens with zero attached hydrogens (tertiary/aromatic N) is 1. The summed E-state index contributed by atoms with van der Waals surface area (Å²) in [7, 11) is 1.55. The summed E-state index contributed by atoms with van der Waals surface area (Å²) in [6.07, 6.45) is 0.583. The molecule has 0 aromatic heterocycles. The number of methoxy groups -OCH3 is 1. The quantitative estimate of drug-likeness (QED) is 0.432. The molecule has 0 saturated carbocycles. The summed E-state index contributed by atoms with van der Waals surface area (Å²) in [6, 6.07) is 13.5. The lowest BCUT2D eigenvalue weighted by Gasteiger charge is -2.32. The van der Waals surface area contributed by atoms with Gasteiger partial charge in [-0.2, -0.15) is 0 Å². The van der Waals surface area contributed by atoms with E-state index in [1.807, 2.05) is 37.3 Å². The van der Waals surface area contributed by atoms with E-state index in [0.717, 1.165) is 5.56 Å². The van der Waals surface area contributed by atoms with Crippen molar-refractivity contribution in [3.8, 4) is 0 Å². The second-order valence-corrected chi connectivity index (χ2v) is 6.31. The summed E-state index contributed by atoms with van der Waals surface area (Å²) in [5.74, 6) is -1.76. The van der Waals surface area contributed by atoms with E-state index in [4.69, 9.17) is 4.74 Å². The molecular weight excluding hydrogens is 362 g/mol. The zero-order valence-electron chi connectivity index (χ0n) is 16.0. The maximum absolute atomic E-state index is 12.3. The molecule has 1 unspecified atom stereocenters. The van der Waals surface area contributed by atoms with Crippen molar-refractivity contribution < 1.29 is 19.2 Å². The summed E-state index contributed by atoms with van der Waals surface area (Å²) in [5, 5.41) is 15.9. The molecule has 0 heterocycles. The van der Waals surface area contributed by atoms with Gasteiger partial charge in [-0.05, 0) is 24.5 Å². The topological polar surface area (TPSA) is 111 Å². The van der Waals surface area contributed by atoms with Gasteiger partial charge >= 0.3 is 11.8 Å². The van der Waals surface area contributed by atoms with E-state index in [-0.39, 0.29) is 17.9 Å². The zero-order chi connectivity index (χ0) is 20.7. The van der Waals surface area contributed by atoms with Crippen molar-refractivity contribution in [1.29, 1.82) is 0 Å². The SMILES string of the molecule is CCC(CNC(=O)C(=O)Nc1cc([N+](=O)[O-])ccc1C)(OC)c1ccccc1. The van der Waals surface area contributed by atoms with Gasteiger partial charge in [-0.25, -0.2) is 0 Å². The lowest BCUT2D eigenvalue weighted by Crippen LogP contribution is -2.45. The fourth-order valence-corrected chi connectivity index (χ4v) is 2.85. The highest BCUT2D eigenvalue weighted by molar-refractivity contribution is 6.39. The standard InChI is InChI=1S/C20H23N3O5/c1-4-20(28-3,15-8-6-5-7-9-15)13-21-18(24)19(25)22-17-12-16(23(26)27)11-10-14(17)2/h5-12H,4,13H2,1-3H3,(H,21,24)(H,22,25). The van der Waals surface area contributed by atoms with Crippen LogP contribution in [0.3, 0.4) is 0 Å². The normalized spacial score (nSPS) is 12.7. The van der Waals surface area contributed by atoms with Crippen molar-refractivity contribution in [3.63, 3.8) is 0 Å². The molecule has 2 N–H and O–H groups in total. The van der Waals surface area contributed by atoms with Crippen molar-refractivity contribution in [2.75, 3.05) is 19.0 Å². The molecule has 28 heavy (non-hydrogen) atoms. The molecule has 0 bridgehead atoms. The van der Waals surface area contributed by atoms with Crippen molar-refractivity contribution >= 4 is 23.2 Å². The lowest BCUT2D eigenvalue weighted by molar-refractivity contribution is -0.384. The largest absolute Gasteiger partial charge is 0.372 e. The third-order valence-corrected chi connectivity index (χ3v) is 4.68. The second kappa shape index (κ2) is 9.09. The highest BCUT2D eigenvalue weighted by atomic mass is 16.6. The van der Waals surface area contributed by atoms with E-state index in [9.17, 15) is 19.7 Å². The highest BCUT2D eigenvalue weighted by Crippen LogP contribution is 2.28. The number of hydrogen-bond acceptors (Lipinski definition) is 5. The Kier molecular flexibility index (Phi) is 6.84. The maximum Gasteiger partial charge on any atom is 0.313 e. The minimum Gasteiger partial charge on any atom is -0.372 e. The van der Waals surface area contributed by atoms with Crippen LogP contribution in [0.2, 0.25) is 0 Å². The molecule has 0 aliphatic heterocycles. The van der Waals surface area contributed by atoms with Crippen LogP contribution in [-0.4, -0.2) is 30.4 Å². The molecule has 0 aliphatic carbocycles. The minimum atomic E-state index is -0.905. The molecule has 8 nitrogen and oxygen atoms in total. The van der Waals surface area contributed by atoms with Crippen LogP contribution in [0, 0.1) is 17.0 Å². The molecule has 0 fully saturated rings. The maximum atomic E-state index is 12.3. The number of anilines is 1. The van der Waals surface area contributed by atoms with Crippen LogP contribution in [0.25, 0.3) is 0 Å². The molecule has 8 heteroatoms. The monoisotopic (exact) mass is 385 g/mol. The molecule has 2 aromatic carbocycles. The van der Waals surface area contributed by atoms with E-state index >= 15 is 0 Å². The third kappa shape index (κ3) is 4.72. The third-order valence-electron chi connectivity index (χ3n) is 4.68. The number of hydrogen-bond donors (Lipinski definition) is 2. The van der Waals surface area contributed by atoms with Gasteiger partial charge in [0.2, 0.25) is 0 Å². The first kappa shape index (κ1) is 21.0. The number of ether oxygens (including phenoxy) is 1. The predicted molar refractivity (Wildman–Crippen MR) is 105 cm³/mol. The molecule has 2 amide bonds. The number of aryl methyl sites for hydroxylation is 1. The van der Waals surface area contributed by atoms with Crippen molar-refractivity contribution in [3.05, 3.63) is 69.8 Å². The number of rotatable bonds is 7. The van der Waals surface area contributed by atoms with Crippen molar-refractivity contribution in [1.82, 2.24) is 5.32 Å². The summed E-state index contributed by atoms with van der Waals surface area (Å²) < 4.78 is 5.66. The highest BCUT2D eigenvalue weighted by Gasteiger charge is 2.31. The van der Waals surface area contributed by atoms with Gasteiger partial charge < -0.3 is 15.4 Å². The molecule has 2 rings (SSSR count). The molecule has 0 spiro atoms. The number of nitro groups is 1. The number of benzene rings is 2. The van der Waals surface area contributed by atoms with Gasteiger partial charge in [0.05, 0.1) is 17.2 Å². The summed E-state index contributed by atoms with van der Waals surface area (Å²) >= 11 is 0. The average molecular weight is 385 g/mol. The average Bonchev–Trinajstić information content (AvgIpc) is 2.71. The van der Waals surface area contributed by atoms with Gasteiger partial charge in [-0.15, -0.1) is 0 Å². The molecule has 0 radical (unpaired) electrons. The van der Waals surface area contributed by atoms with Gasteiger partial charge in [0, 0.05) is 19.2 Å². The Labute approximate surface area is 163 Å². The molecule has 0 aliphatic rings. The van der Waals surface area contributed by atoms with Crippen LogP contribution >= 0.6 is 0 Å². The number of amides is 2. The van der Waals surface area contributed by atoms with E-state index in [0.29, 0.717) is 12.0 Å². The number of carbonyl (C=O) groups is 2. The van der Waals surface area contributed by atoms with Crippen LogP contribution in [0.1, 0.15) is 24.5 Å². The van der Waals surface area contributed by atoms with E-state index < -0.39 is 22.3 Å². The number of nitrogens with one attached hydrogen (secondary N) is 2. The number of non-ortho nitro benzene ring substituents is 1. The number of nitro benzene ring substituents is 1. The Morgan fingerprint density at radius 3 is 2.39 bits per heavy atom. The summed E-state index contributed by atoms with van der Waals surface area (Å²) in [6.45, 7) is 3.71. The van der Waals surface area contributed by atoms with Crippen molar-refractivity contribution in [2.24, 2.45) is 0 Å². The second-order valence-electron chi connectivity index (χ2n) is 6.31. The molecule has 148 valence electrons.